The highest BCUT2D eigenvalue weighted by Crippen LogP contribution is 2.29. The number of methoxy groups -OCH3 is 1. The molecule has 1 N–H and O–H groups in total. The third kappa shape index (κ3) is 2.34. The Balaban J connectivity index is 2.43. The molecule has 1 heterocycles. The number of carbonyl (C=O) groups is 1. The van der Waals surface area contributed by atoms with Crippen LogP contribution in [0.2, 0.25) is 0 Å². The predicted octanol–water partition coefficient (Wildman–Crippen LogP) is 2.78. The van der Waals surface area contributed by atoms with E-state index in [9.17, 15) is 9.90 Å². The average molecular weight is 259 g/mol. The summed E-state index contributed by atoms with van der Waals surface area (Å²) in [6, 6.07) is 8.23. The molecular formula is C13H9NO3S. The number of hydrogen-bond acceptors (Lipinski definition) is 5. The number of carbonyl (C=O) groups excluding carboxylic acids is 1. The Morgan fingerprint density at radius 2 is 2.11 bits per heavy atom. The van der Waals surface area contributed by atoms with Gasteiger partial charge in [0.15, 0.2) is 0 Å². The van der Waals surface area contributed by atoms with Crippen LogP contribution in [0, 0.1) is 11.3 Å². The second kappa shape index (κ2) is 4.90. The minimum absolute atomic E-state index is 0.0230. The summed E-state index contributed by atoms with van der Waals surface area (Å²) in [7, 11) is 1.32. The number of thiophene rings is 1. The third-order valence-electron chi connectivity index (χ3n) is 2.37. The first-order valence-electron chi connectivity index (χ1n) is 5.05. The van der Waals surface area contributed by atoms with Crippen LogP contribution < -0.4 is 0 Å². The van der Waals surface area contributed by atoms with Gasteiger partial charge in [0, 0.05) is 0 Å². The van der Waals surface area contributed by atoms with Gasteiger partial charge in [-0.15, -0.1) is 11.3 Å². The number of benzene rings is 1. The van der Waals surface area contributed by atoms with Gasteiger partial charge in [0.1, 0.15) is 10.6 Å². The highest BCUT2D eigenvalue weighted by Gasteiger charge is 2.11. The Kier molecular flexibility index (Phi) is 3.31. The van der Waals surface area contributed by atoms with E-state index in [0.29, 0.717) is 16.0 Å². The van der Waals surface area contributed by atoms with Crippen molar-refractivity contribution in [3.8, 4) is 22.9 Å². The molecule has 2 aromatic rings. The SMILES string of the molecule is COC(=O)c1cc(-c2cc(O)cc(C#N)c2)cs1. The molecule has 0 aliphatic carbocycles. The van der Waals surface area contributed by atoms with Crippen molar-refractivity contribution in [2.75, 3.05) is 7.11 Å². The zero-order chi connectivity index (χ0) is 13.1. The second-order valence-corrected chi connectivity index (χ2v) is 4.48. The number of rotatable bonds is 2. The van der Waals surface area contributed by atoms with Crippen LogP contribution in [-0.4, -0.2) is 18.2 Å². The molecule has 2 rings (SSSR count). The van der Waals surface area contributed by atoms with Crippen molar-refractivity contribution < 1.29 is 14.6 Å². The molecule has 0 fully saturated rings. The lowest BCUT2D eigenvalue weighted by Crippen LogP contribution is -1.96. The molecule has 0 spiro atoms. The molecule has 0 aliphatic heterocycles. The number of esters is 1. The third-order valence-corrected chi connectivity index (χ3v) is 3.28. The fourth-order valence-electron chi connectivity index (χ4n) is 1.54. The van der Waals surface area contributed by atoms with Crippen molar-refractivity contribution >= 4 is 17.3 Å². The van der Waals surface area contributed by atoms with E-state index in [1.165, 1.54) is 24.5 Å². The zero-order valence-electron chi connectivity index (χ0n) is 9.51. The Morgan fingerprint density at radius 1 is 1.33 bits per heavy atom. The Bertz CT molecular complexity index is 640. The maximum atomic E-state index is 11.3. The lowest BCUT2D eigenvalue weighted by atomic mass is 10.1. The molecule has 0 bridgehead atoms. The van der Waals surface area contributed by atoms with E-state index in [0.717, 1.165) is 5.56 Å². The first-order valence-corrected chi connectivity index (χ1v) is 5.93. The summed E-state index contributed by atoms with van der Waals surface area (Å²) >= 11 is 1.26. The summed E-state index contributed by atoms with van der Waals surface area (Å²) in [6.45, 7) is 0. The van der Waals surface area contributed by atoms with Crippen LogP contribution >= 0.6 is 11.3 Å². The van der Waals surface area contributed by atoms with Crippen molar-refractivity contribution in [1.82, 2.24) is 0 Å². The van der Waals surface area contributed by atoms with Crippen molar-refractivity contribution in [1.29, 1.82) is 5.26 Å². The van der Waals surface area contributed by atoms with E-state index < -0.39 is 5.97 Å². The van der Waals surface area contributed by atoms with Gasteiger partial charge in [-0.1, -0.05) is 0 Å². The number of ether oxygens (including phenoxy) is 1. The van der Waals surface area contributed by atoms with E-state index in [4.69, 9.17) is 5.26 Å². The van der Waals surface area contributed by atoms with E-state index >= 15 is 0 Å². The van der Waals surface area contributed by atoms with Gasteiger partial charge >= 0.3 is 5.97 Å². The van der Waals surface area contributed by atoms with Crippen molar-refractivity contribution in [3.05, 3.63) is 40.1 Å². The summed E-state index contributed by atoms with van der Waals surface area (Å²) in [5.74, 6) is -0.373. The van der Waals surface area contributed by atoms with Crippen LogP contribution in [0.25, 0.3) is 11.1 Å². The molecule has 0 saturated carbocycles. The quantitative estimate of drug-likeness (QED) is 0.842. The molecule has 1 aromatic carbocycles. The summed E-state index contributed by atoms with van der Waals surface area (Å²) in [5, 5.41) is 20.1. The van der Waals surface area contributed by atoms with Crippen LogP contribution in [0.3, 0.4) is 0 Å². The van der Waals surface area contributed by atoms with Gasteiger partial charge in [-0.3, -0.25) is 0 Å². The fraction of sp³-hybridized carbons (Fsp3) is 0.0769. The first kappa shape index (κ1) is 12.1. The minimum atomic E-state index is -0.396. The smallest absolute Gasteiger partial charge is 0.348 e. The van der Waals surface area contributed by atoms with Gasteiger partial charge in [0.25, 0.3) is 0 Å². The van der Waals surface area contributed by atoms with Crippen LogP contribution in [0.15, 0.2) is 29.6 Å². The minimum Gasteiger partial charge on any atom is -0.508 e. The Labute approximate surface area is 108 Å². The number of phenolic OH excluding ortho intramolecular Hbond substituents is 1. The van der Waals surface area contributed by atoms with Crippen molar-refractivity contribution in [2.45, 2.75) is 0 Å². The topological polar surface area (TPSA) is 70.3 Å². The molecule has 0 aliphatic rings. The molecule has 90 valence electrons. The van der Waals surface area contributed by atoms with E-state index in [1.54, 1.807) is 23.6 Å². The van der Waals surface area contributed by atoms with Crippen LogP contribution in [0.1, 0.15) is 15.2 Å². The standard InChI is InChI=1S/C13H9NO3S/c1-17-13(16)12-5-10(7-18-12)9-2-8(6-14)3-11(15)4-9/h2-5,7,15H,1H3. The Morgan fingerprint density at radius 3 is 2.78 bits per heavy atom. The molecule has 0 atom stereocenters. The van der Waals surface area contributed by atoms with Crippen molar-refractivity contribution in [2.24, 2.45) is 0 Å². The molecule has 4 nitrogen and oxygen atoms in total. The first-order chi connectivity index (χ1) is 8.63. The molecule has 0 saturated heterocycles. The van der Waals surface area contributed by atoms with Gasteiger partial charge in [-0.2, -0.15) is 5.26 Å². The maximum Gasteiger partial charge on any atom is 0.348 e. The average Bonchev–Trinajstić information content (AvgIpc) is 2.86. The molecule has 5 heteroatoms. The molecular weight excluding hydrogens is 250 g/mol. The molecule has 0 amide bonds. The van der Waals surface area contributed by atoms with Gasteiger partial charge in [0.2, 0.25) is 0 Å². The monoisotopic (exact) mass is 259 g/mol. The maximum absolute atomic E-state index is 11.3. The van der Waals surface area contributed by atoms with Gasteiger partial charge in [0.05, 0.1) is 18.7 Å². The van der Waals surface area contributed by atoms with E-state index in [2.05, 4.69) is 4.74 Å². The highest BCUT2D eigenvalue weighted by molar-refractivity contribution is 7.12. The largest absolute Gasteiger partial charge is 0.508 e. The number of nitriles is 1. The summed E-state index contributed by atoms with van der Waals surface area (Å²) in [6.07, 6.45) is 0. The van der Waals surface area contributed by atoms with Gasteiger partial charge in [-0.05, 0) is 40.8 Å². The zero-order valence-corrected chi connectivity index (χ0v) is 10.3. The van der Waals surface area contributed by atoms with E-state index in [1.807, 2.05) is 6.07 Å². The van der Waals surface area contributed by atoms with Gasteiger partial charge in [-0.25, -0.2) is 4.79 Å². The summed E-state index contributed by atoms with van der Waals surface area (Å²) < 4.78 is 4.62. The molecule has 0 unspecified atom stereocenters. The highest BCUT2D eigenvalue weighted by atomic mass is 32.1. The number of aromatic hydroxyl groups is 1. The summed E-state index contributed by atoms with van der Waals surface area (Å²) in [4.78, 5) is 11.8. The number of nitrogens with zero attached hydrogens (tertiary/aromatic N) is 1. The second-order valence-electron chi connectivity index (χ2n) is 3.57. The van der Waals surface area contributed by atoms with Crippen LogP contribution in [0.4, 0.5) is 0 Å². The number of phenols is 1. The predicted molar refractivity (Wildman–Crippen MR) is 67.5 cm³/mol. The fourth-order valence-corrected chi connectivity index (χ4v) is 2.37. The molecule has 0 radical (unpaired) electrons. The van der Waals surface area contributed by atoms with Gasteiger partial charge < -0.3 is 9.84 Å². The summed E-state index contributed by atoms with van der Waals surface area (Å²) in [5.41, 5.74) is 1.83. The van der Waals surface area contributed by atoms with Crippen LogP contribution in [0.5, 0.6) is 5.75 Å². The van der Waals surface area contributed by atoms with E-state index in [-0.39, 0.29) is 5.75 Å². The molecule has 18 heavy (non-hydrogen) atoms. The van der Waals surface area contributed by atoms with Crippen LogP contribution in [-0.2, 0) is 4.74 Å². The lowest BCUT2D eigenvalue weighted by Gasteiger charge is -2.00. The number of hydrogen-bond donors (Lipinski definition) is 1. The van der Waals surface area contributed by atoms with Crippen molar-refractivity contribution in [3.63, 3.8) is 0 Å². The molecule has 1 aromatic heterocycles. The lowest BCUT2D eigenvalue weighted by molar-refractivity contribution is 0.0606. The normalized spacial score (nSPS) is 9.78. The Hall–Kier alpha value is -2.32.